The normalized spacial score (nSPS) is 15.4. The van der Waals surface area contributed by atoms with Gasteiger partial charge < -0.3 is 15.6 Å². The van der Waals surface area contributed by atoms with Crippen molar-refractivity contribution in [2.24, 2.45) is 0 Å². The summed E-state index contributed by atoms with van der Waals surface area (Å²) in [5.41, 5.74) is 9.71. The highest BCUT2D eigenvalue weighted by Crippen LogP contribution is 2.47. The molecule has 0 aliphatic carbocycles. The molecule has 5 rings (SSSR count). The summed E-state index contributed by atoms with van der Waals surface area (Å²) in [5.74, 6) is 0.314. The SMILES string of the molecule is Cc1nc(C2(c3ccc(C(=O)O)c(N)c3-c3cccc(-c4ccc(Cl)s4)c3)CCOCC2)n[nH]1. The number of aromatic amines is 1. The number of H-pyrrole nitrogens is 1. The Labute approximate surface area is 205 Å². The van der Waals surface area contributed by atoms with Gasteiger partial charge in [0.2, 0.25) is 0 Å². The molecule has 0 unspecified atom stereocenters. The highest BCUT2D eigenvalue weighted by atomic mass is 35.5. The number of benzene rings is 2. The molecule has 1 aliphatic rings. The molecule has 9 heteroatoms. The lowest BCUT2D eigenvalue weighted by atomic mass is 9.70. The Morgan fingerprint density at radius 3 is 2.59 bits per heavy atom. The average Bonchev–Trinajstić information content (AvgIpc) is 3.47. The zero-order valence-electron chi connectivity index (χ0n) is 18.5. The van der Waals surface area contributed by atoms with Gasteiger partial charge >= 0.3 is 5.97 Å². The molecule has 1 aliphatic heterocycles. The average molecular weight is 495 g/mol. The van der Waals surface area contributed by atoms with Gasteiger partial charge in [0.05, 0.1) is 21.0 Å². The van der Waals surface area contributed by atoms with Crippen LogP contribution in [0.1, 0.15) is 40.4 Å². The third kappa shape index (κ3) is 3.87. The van der Waals surface area contributed by atoms with Crippen molar-refractivity contribution in [2.75, 3.05) is 18.9 Å². The summed E-state index contributed by atoms with van der Waals surface area (Å²) in [5, 5.41) is 17.3. The Morgan fingerprint density at radius 1 is 1.18 bits per heavy atom. The molecule has 3 heterocycles. The number of aromatic carboxylic acids is 1. The summed E-state index contributed by atoms with van der Waals surface area (Å²) in [7, 11) is 0. The third-order valence-corrected chi connectivity index (χ3v) is 7.65. The van der Waals surface area contributed by atoms with E-state index in [4.69, 9.17) is 22.1 Å². The molecule has 2 aromatic carbocycles. The van der Waals surface area contributed by atoms with E-state index in [1.54, 1.807) is 6.07 Å². The monoisotopic (exact) mass is 494 g/mol. The molecule has 0 bridgehead atoms. The van der Waals surface area contributed by atoms with Crippen molar-refractivity contribution in [3.05, 3.63) is 75.6 Å². The zero-order valence-corrected chi connectivity index (χ0v) is 20.0. The lowest BCUT2D eigenvalue weighted by Crippen LogP contribution is -2.37. The predicted octanol–water partition coefficient (Wildman–Crippen LogP) is 5.54. The van der Waals surface area contributed by atoms with Crippen LogP contribution < -0.4 is 5.73 Å². The highest BCUT2D eigenvalue weighted by molar-refractivity contribution is 7.19. The highest BCUT2D eigenvalue weighted by Gasteiger charge is 2.42. The second-order valence-electron chi connectivity index (χ2n) is 8.38. The smallest absolute Gasteiger partial charge is 0.337 e. The van der Waals surface area contributed by atoms with Gasteiger partial charge in [-0.05, 0) is 60.7 Å². The number of hydrogen-bond donors (Lipinski definition) is 3. The minimum Gasteiger partial charge on any atom is -0.478 e. The maximum absolute atomic E-state index is 12.0. The number of aryl methyl sites for hydroxylation is 1. The first-order valence-corrected chi connectivity index (χ1v) is 12.1. The van der Waals surface area contributed by atoms with Crippen LogP contribution in [0.2, 0.25) is 4.34 Å². The number of anilines is 1. The first-order valence-electron chi connectivity index (χ1n) is 10.9. The topological polar surface area (TPSA) is 114 Å². The van der Waals surface area contributed by atoms with Crippen LogP contribution in [0, 0.1) is 6.92 Å². The Balaban J connectivity index is 1.77. The van der Waals surface area contributed by atoms with Crippen LogP contribution in [0.3, 0.4) is 0 Å². The number of carbonyl (C=O) groups is 1. The number of carboxylic acid groups (broad SMARTS) is 1. The maximum atomic E-state index is 12.0. The van der Waals surface area contributed by atoms with Crippen molar-refractivity contribution in [1.82, 2.24) is 15.2 Å². The largest absolute Gasteiger partial charge is 0.478 e. The lowest BCUT2D eigenvalue weighted by Gasteiger charge is -2.37. The number of nitrogen functional groups attached to an aromatic ring is 1. The molecule has 1 fully saturated rings. The number of hydrogen-bond acceptors (Lipinski definition) is 6. The van der Waals surface area contributed by atoms with E-state index in [-0.39, 0.29) is 11.3 Å². The van der Waals surface area contributed by atoms with Crippen molar-refractivity contribution in [3.8, 4) is 21.6 Å². The van der Waals surface area contributed by atoms with Crippen LogP contribution >= 0.6 is 22.9 Å². The molecule has 0 atom stereocenters. The number of carboxylic acids is 1. The molecule has 0 spiro atoms. The van der Waals surface area contributed by atoms with E-state index in [2.05, 4.69) is 15.2 Å². The van der Waals surface area contributed by atoms with Crippen LogP contribution in [0.4, 0.5) is 5.69 Å². The number of nitrogens with zero attached hydrogens (tertiary/aromatic N) is 2. The number of thiophene rings is 1. The summed E-state index contributed by atoms with van der Waals surface area (Å²) in [6, 6.07) is 15.2. The van der Waals surface area contributed by atoms with E-state index in [0.29, 0.717) is 47.6 Å². The van der Waals surface area contributed by atoms with Crippen molar-refractivity contribution < 1.29 is 14.6 Å². The fourth-order valence-electron chi connectivity index (χ4n) is 4.70. The van der Waals surface area contributed by atoms with Gasteiger partial charge in [0.25, 0.3) is 0 Å². The van der Waals surface area contributed by atoms with Gasteiger partial charge in [-0.3, -0.25) is 5.10 Å². The predicted molar refractivity (Wildman–Crippen MR) is 134 cm³/mol. The second kappa shape index (κ2) is 8.87. The van der Waals surface area contributed by atoms with E-state index >= 15 is 0 Å². The van der Waals surface area contributed by atoms with Crippen LogP contribution in [0.15, 0.2) is 48.5 Å². The van der Waals surface area contributed by atoms with Gasteiger partial charge in [-0.1, -0.05) is 35.9 Å². The second-order valence-corrected chi connectivity index (χ2v) is 10.1. The minimum atomic E-state index is -1.07. The van der Waals surface area contributed by atoms with Crippen LogP contribution in [0.25, 0.3) is 21.6 Å². The van der Waals surface area contributed by atoms with Gasteiger partial charge in [0, 0.05) is 23.7 Å². The van der Waals surface area contributed by atoms with Gasteiger partial charge in [-0.2, -0.15) is 5.10 Å². The molecule has 0 amide bonds. The zero-order chi connectivity index (χ0) is 23.9. The van der Waals surface area contributed by atoms with E-state index in [9.17, 15) is 9.90 Å². The van der Waals surface area contributed by atoms with E-state index in [1.165, 1.54) is 11.3 Å². The summed E-state index contributed by atoms with van der Waals surface area (Å²) in [4.78, 5) is 17.7. The Bertz CT molecular complexity index is 1370. The number of halogens is 1. The summed E-state index contributed by atoms with van der Waals surface area (Å²) in [6.45, 7) is 2.95. The van der Waals surface area contributed by atoms with Crippen molar-refractivity contribution in [1.29, 1.82) is 0 Å². The minimum absolute atomic E-state index is 0.0664. The maximum Gasteiger partial charge on any atom is 0.337 e. The number of rotatable bonds is 5. The summed E-state index contributed by atoms with van der Waals surface area (Å²) in [6.07, 6.45) is 1.31. The van der Waals surface area contributed by atoms with Gasteiger partial charge in [-0.25, -0.2) is 9.78 Å². The van der Waals surface area contributed by atoms with E-state index < -0.39 is 11.4 Å². The molecule has 0 saturated carbocycles. The van der Waals surface area contributed by atoms with Crippen LogP contribution in [0.5, 0.6) is 0 Å². The number of nitrogens with two attached hydrogens (primary N) is 1. The van der Waals surface area contributed by atoms with Crippen molar-refractivity contribution in [2.45, 2.75) is 25.2 Å². The molecule has 4 N–H and O–H groups in total. The number of aromatic nitrogens is 3. The van der Waals surface area contributed by atoms with Gasteiger partial charge in [0.1, 0.15) is 5.82 Å². The number of nitrogens with one attached hydrogen (secondary N) is 1. The first-order chi connectivity index (χ1) is 16.4. The molecule has 2 aromatic heterocycles. The molecular formula is C25H23ClN4O3S. The summed E-state index contributed by atoms with van der Waals surface area (Å²) < 4.78 is 6.39. The van der Waals surface area contributed by atoms with Crippen LogP contribution in [-0.4, -0.2) is 39.5 Å². The molecule has 4 aromatic rings. The number of ether oxygens (including phenoxy) is 1. The van der Waals surface area contributed by atoms with E-state index in [1.807, 2.05) is 49.4 Å². The lowest BCUT2D eigenvalue weighted by molar-refractivity contribution is 0.0606. The molecular weight excluding hydrogens is 472 g/mol. The van der Waals surface area contributed by atoms with Crippen LogP contribution in [-0.2, 0) is 10.2 Å². The van der Waals surface area contributed by atoms with Gasteiger partial charge in [-0.15, -0.1) is 11.3 Å². The quantitative estimate of drug-likeness (QED) is 0.314. The fraction of sp³-hybridized carbons (Fsp3) is 0.240. The fourth-order valence-corrected chi connectivity index (χ4v) is 5.74. The molecule has 0 radical (unpaired) electrons. The summed E-state index contributed by atoms with van der Waals surface area (Å²) >= 11 is 7.65. The standard InChI is InChI=1S/C25H23ClN4O3S/c1-14-28-24(30-29-14)25(9-11-33-12-10-25)18-6-5-17(23(31)32)22(27)21(18)16-4-2-3-15(13-16)19-7-8-20(26)34-19/h2-8,13H,9-12,27H2,1H3,(H,31,32)(H,28,29,30). The Morgan fingerprint density at radius 2 is 1.94 bits per heavy atom. The van der Waals surface area contributed by atoms with Crippen molar-refractivity contribution in [3.63, 3.8) is 0 Å². The first kappa shape index (κ1) is 22.6. The van der Waals surface area contributed by atoms with E-state index in [0.717, 1.165) is 21.6 Å². The molecule has 34 heavy (non-hydrogen) atoms. The van der Waals surface area contributed by atoms with Gasteiger partial charge in [0.15, 0.2) is 5.82 Å². The Hall–Kier alpha value is -3.20. The Kier molecular flexibility index (Phi) is 5.89. The molecule has 1 saturated heterocycles. The molecule has 174 valence electrons. The molecule has 7 nitrogen and oxygen atoms in total. The van der Waals surface area contributed by atoms with Crippen molar-refractivity contribution >= 4 is 34.6 Å². The third-order valence-electron chi connectivity index (χ3n) is 6.37.